The zero-order valence-corrected chi connectivity index (χ0v) is 12.6. The van der Waals surface area contributed by atoms with Gasteiger partial charge in [-0.1, -0.05) is 31.8 Å². The summed E-state index contributed by atoms with van der Waals surface area (Å²) in [5, 5.41) is 15.1. The minimum Gasteiger partial charge on any atom is -0.407 e. The molecule has 0 amide bonds. The van der Waals surface area contributed by atoms with E-state index in [1.807, 2.05) is 0 Å². The Morgan fingerprint density at radius 2 is 1.95 bits per heavy atom. The average molecular weight is 278 g/mol. The van der Waals surface area contributed by atoms with E-state index in [4.69, 9.17) is 4.42 Å². The maximum Gasteiger partial charge on any atom is 0.315 e. The molecule has 0 saturated heterocycles. The summed E-state index contributed by atoms with van der Waals surface area (Å²) in [7, 11) is 0. The van der Waals surface area contributed by atoms with Gasteiger partial charge >= 0.3 is 6.01 Å². The van der Waals surface area contributed by atoms with E-state index in [1.54, 1.807) is 0 Å². The van der Waals surface area contributed by atoms with Crippen LogP contribution in [0.15, 0.2) is 4.42 Å². The van der Waals surface area contributed by atoms with E-state index >= 15 is 0 Å². The van der Waals surface area contributed by atoms with Crippen molar-refractivity contribution < 1.29 is 4.42 Å². The van der Waals surface area contributed by atoms with Crippen molar-refractivity contribution in [2.45, 2.75) is 71.0 Å². The Labute approximate surface area is 120 Å². The predicted molar refractivity (Wildman–Crippen MR) is 78.4 cm³/mol. The molecule has 2 aliphatic carbocycles. The molecule has 2 N–H and O–H groups in total. The summed E-state index contributed by atoms with van der Waals surface area (Å²) in [6.45, 7) is 5.31. The first kappa shape index (κ1) is 13.9. The van der Waals surface area contributed by atoms with E-state index in [0.29, 0.717) is 42.4 Å². The van der Waals surface area contributed by atoms with Crippen molar-refractivity contribution in [3.63, 3.8) is 0 Å². The number of aromatic nitrogens is 2. The van der Waals surface area contributed by atoms with Gasteiger partial charge in [0.1, 0.15) is 0 Å². The molecule has 1 aromatic rings. The molecule has 5 nitrogen and oxygen atoms in total. The molecule has 0 radical (unpaired) electrons. The Morgan fingerprint density at radius 1 is 1.15 bits per heavy atom. The summed E-state index contributed by atoms with van der Waals surface area (Å²) >= 11 is 0. The molecule has 2 atom stereocenters. The van der Waals surface area contributed by atoms with Crippen LogP contribution in [0.2, 0.25) is 0 Å². The first-order valence-corrected chi connectivity index (χ1v) is 8.04. The highest BCUT2D eigenvalue weighted by molar-refractivity contribution is 5.20. The molecule has 2 unspecified atom stereocenters. The van der Waals surface area contributed by atoms with Crippen LogP contribution < -0.4 is 10.6 Å². The second-order valence-electron chi connectivity index (χ2n) is 6.60. The van der Waals surface area contributed by atoms with Gasteiger partial charge in [-0.05, 0) is 37.5 Å². The van der Waals surface area contributed by atoms with Gasteiger partial charge < -0.3 is 15.1 Å². The third kappa shape index (κ3) is 3.51. The van der Waals surface area contributed by atoms with Crippen LogP contribution in [0.1, 0.15) is 58.3 Å². The normalized spacial score (nSPS) is 26.9. The molecule has 1 aromatic heterocycles. The molecule has 112 valence electrons. The number of rotatable bonds is 6. The smallest absolute Gasteiger partial charge is 0.315 e. The van der Waals surface area contributed by atoms with Gasteiger partial charge in [-0.25, -0.2) is 0 Å². The molecule has 0 aliphatic heterocycles. The van der Waals surface area contributed by atoms with Crippen molar-refractivity contribution in [2.24, 2.45) is 11.8 Å². The van der Waals surface area contributed by atoms with Crippen LogP contribution in [-0.4, -0.2) is 22.3 Å². The summed E-state index contributed by atoms with van der Waals surface area (Å²) in [5.41, 5.74) is 0. The number of nitrogens with zero attached hydrogens (tertiary/aromatic N) is 2. The lowest BCUT2D eigenvalue weighted by molar-refractivity contribution is 0.250. The van der Waals surface area contributed by atoms with E-state index in [1.165, 1.54) is 38.5 Å². The number of hydrogen-bond donors (Lipinski definition) is 2. The standard InChI is InChI=1S/C15H26N4O/c1-10(2)12-5-3-4-6-13(12)17-15-19-18-14(20-15)9-16-11-7-8-11/h10-13,16H,3-9H2,1-2H3,(H,17,19). The van der Waals surface area contributed by atoms with Gasteiger partial charge in [-0.2, -0.15) is 0 Å². The largest absolute Gasteiger partial charge is 0.407 e. The van der Waals surface area contributed by atoms with Crippen molar-refractivity contribution in [2.75, 3.05) is 5.32 Å². The fourth-order valence-electron chi connectivity index (χ4n) is 3.20. The first-order valence-electron chi connectivity index (χ1n) is 8.04. The molecule has 2 fully saturated rings. The highest BCUT2D eigenvalue weighted by atomic mass is 16.4. The topological polar surface area (TPSA) is 63.0 Å². The van der Waals surface area contributed by atoms with E-state index in [9.17, 15) is 0 Å². The van der Waals surface area contributed by atoms with E-state index < -0.39 is 0 Å². The van der Waals surface area contributed by atoms with Crippen molar-refractivity contribution in [1.82, 2.24) is 15.5 Å². The average Bonchev–Trinajstić information content (AvgIpc) is 3.17. The lowest BCUT2D eigenvalue weighted by Crippen LogP contribution is -2.35. The van der Waals surface area contributed by atoms with Gasteiger partial charge in [0.25, 0.3) is 0 Å². The quantitative estimate of drug-likeness (QED) is 0.837. The van der Waals surface area contributed by atoms with Crippen molar-refractivity contribution >= 4 is 6.01 Å². The first-order chi connectivity index (χ1) is 9.72. The van der Waals surface area contributed by atoms with Gasteiger partial charge in [0.05, 0.1) is 6.54 Å². The van der Waals surface area contributed by atoms with Gasteiger partial charge in [0.15, 0.2) is 0 Å². The highest BCUT2D eigenvalue weighted by Crippen LogP contribution is 2.32. The molecular weight excluding hydrogens is 252 g/mol. The monoisotopic (exact) mass is 278 g/mol. The molecular formula is C15H26N4O. The van der Waals surface area contributed by atoms with Gasteiger partial charge in [0, 0.05) is 12.1 Å². The highest BCUT2D eigenvalue weighted by Gasteiger charge is 2.28. The Balaban J connectivity index is 1.55. The zero-order valence-electron chi connectivity index (χ0n) is 12.6. The van der Waals surface area contributed by atoms with Gasteiger partial charge in [-0.3, -0.25) is 0 Å². The third-order valence-corrected chi connectivity index (χ3v) is 4.57. The molecule has 5 heteroatoms. The van der Waals surface area contributed by atoms with Crippen LogP contribution in [0.5, 0.6) is 0 Å². The molecule has 20 heavy (non-hydrogen) atoms. The third-order valence-electron chi connectivity index (χ3n) is 4.57. The van der Waals surface area contributed by atoms with E-state index in [-0.39, 0.29) is 0 Å². The van der Waals surface area contributed by atoms with Gasteiger partial charge in [-0.15, -0.1) is 5.10 Å². The lowest BCUT2D eigenvalue weighted by Gasteiger charge is -2.34. The zero-order chi connectivity index (χ0) is 13.9. The lowest BCUT2D eigenvalue weighted by atomic mass is 9.78. The summed E-state index contributed by atoms with van der Waals surface area (Å²) in [4.78, 5) is 0. The van der Waals surface area contributed by atoms with Crippen LogP contribution in [0.25, 0.3) is 0 Å². The summed E-state index contributed by atoms with van der Waals surface area (Å²) in [6, 6.07) is 1.74. The molecule has 2 saturated carbocycles. The van der Waals surface area contributed by atoms with Crippen LogP contribution in [-0.2, 0) is 6.54 Å². The van der Waals surface area contributed by atoms with Crippen molar-refractivity contribution in [3.8, 4) is 0 Å². The predicted octanol–water partition coefficient (Wildman–Crippen LogP) is 2.95. The fourth-order valence-corrected chi connectivity index (χ4v) is 3.20. The molecule has 1 heterocycles. The van der Waals surface area contributed by atoms with E-state index in [2.05, 4.69) is 34.7 Å². The number of anilines is 1. The van der Waals surface area contributed by atoms with Crippen molar-refractivity contribution in [1.29, 1.82) is 0 Å². The Bertz CT molecular complexity index is 427. The molecule has 3 rings (SSSR count). The maximum atomic E-state index is 5.70. The molecule has 2 aliphatic rings. The van der Waals surface area contributed by atoms with Gasteiger partial charge in [0.2, 0.25) is 5.89 Å². The minimum atomic E-state index is 0.480. The number of hydrogen-bond acceptors (Lipinski definition) is 5. The van der Waals surface area contributed by atoms with Crippen LogP contribution >= 0.6 is 0 Å². The molecule has 0 aromatic carbocycles. The summed E-state index contributed by atoms with van der Waals surface area (Å²) in [5.74, 6) is 2.10. The fraction of sp³-hybridized carbons (Fsp3) is 0.867. The SMILES string of the molecule is CC(C)C1CCCCC1Nc1nnc(CNC2CC2)o1. The molecule has 0 spiro atoms. The number of nitrogens with one attached hydrogen (secondary N) is 2. The van der Waals surface area contributed by atoms with Crippen molar-refractivity contribution in [3.05, 3.63) is 5.89 Å². The maximum absolute atomic E-state index is 5.70. The second kappa shape index (κ2) is 6.12. The Morgan fingerprint density at radius 3 is 2.70 bits per heavy atom. The summed E-state index contributed by atoms with van der Waals surface area (Å²) in [6.07, 6.45) is 7.71. The van der Waals surface area contributed by atoms with Crippen LogP contribution in [0.4, 0.5) is 6.01 Å². The minimum absolute atomic E-state index is 0.480. The Hall–Kier alpha value is -1.10. The summed E-state index contributed by atoms with van der Waals surface area (Å²) < 4.78 is 5.70. The molecule has 0 bridgehead atoms. The van der Waals surface area contributed by atoms with Crippen LogP contribution in [0.3, 0.4) is 0 Å². The Kier molecular flexibility index (Phi) is 4.24. The second-order valence-corrected chi connectivity index (χ2v) is 6.60. The van der Waals surface area contributed by atoms with E-state index in [0.717, 1.165) is 0 Å². The van der Waals surface area contributed by atoms with Crippen LogP contribution in [0, 0.1) is 11.8 Å².